The molecule has 3 heteroatoms. The zero-order chi connectivity index (χ0) is 20.9. The molecule has 3 nitrogen and oxygen atoms in total. The lowest BCUT2D eigenvalue weighted by molar-refractivity contribution is -0.120. The molecule has 2 saturated heterocycles. The number of piperidine rings is 1. The molecule has 10 atom stereocenters. The van der Waals surface area contributed by atoms with Gasteiger partial charge in [0.25, 0.3) is 0 Å². The van der Waals surface area contributed by atoms with Crippen LogP contribution in [0.15, 0.2) is 11.6 Å². The third-order valence-corrected chi connectivity index (χ3v) is 11.4. The van der Waals surface area contributed by atoms with Crippen molar-refractivity contribution in [3.05, 3.63) is 11.6 Å². The molecular weight excluding hydrogens is 370 g/mol. The Kier molecular flexibility index (Phi) is 4.29. The monoisotopic (exact) mass is 411 g/mol. The van der Waals surface area contributed by atoms with Crippen molar-refractivity contribution < 1.29 is 9.53 Å². The number of carbonyl (C=O) groups excluding carboxylic acids is 1. The van der Waals surface area contributed by atoms with Crippen LogP contribution in [0.4, 0.5) is 0 Å². The second-order valence-corrected chi connectivity index (χ2v) is 12.6. The summed E-state index contributed by atoms with van der Waals surface area (Å²) in [5.74, 6) is 4.89. The van der Waals surface area contributed by atoms with Crippen LogP contribution in [-0.4, -0.2) is 24.2 Å². The predicted molar refractivity (Wildman–Crippen MR) is 119 cm³/mol. The van der Waals surface area contributed by atoms with Crippen LogP contribution in [-0.2, 0) is 9.53 Å². The second kappa shape index (κ2) is 6.44. The van der Waals surface area contributed by atoms with Crippen LogP contribution < -0.4 is 5.32 Å². The lowest BCUT2D eigenvalue weighted by atomic mass is 9.46. The fraction of sp³-hybridized carbons (Fsp3) is 0.889. The van der Waals surface area contributed by atoms with Gasteiger partial charge in [0.05, 0.1) is 6.10 Å². The predicted octanol–water partition coefficient (Wildman–Crippen LogP) is 5.50. The van der Waals surface area contributed by atoms with Gasteiger partial charge in [0.2, 0.25) is 0 Å². The Morgan fingerprint density at radius 1 is 1.03 bits per heavy atom. The molecule has 166 valence electrons. The SMILES string of the molecule is C[C@H]1CC[C@]2(NC1)O[C@H]1C[C@H]3[C@@H]4CCC5=CC(=O)CC[C@]5(C)[C@H]4CC[C@]3(C)[C@H]1[C@@H]2C. The minimum atomic E-state index is -0.0507. The van der Waals surface area contributed by atoms with Crippen molar-refractivity contribution >= 4 is 5.78 Å². The molecule has 0 aromatic heterocycles. The Balaban J connectivity index is 1.28. The number of nitrogens with one attached hydrogen (secondary N) is 1. The minimum absolute atomic E-state index is 0.0507. The average molecular weight is 412 g/mol. The second-order valence-electron chi connectivity index (χ2n) is 12.6. The minimum Gasteiger partial charge on any atom is -0.357 e. The summed E-state index contributed by atoms with van der Waals surface area (Å²) in [6, 6.07) is 0. The van der Waals surface area contributed by atoms with Crippen molar-refractivity contribution in [2.24, 2.45) is 46.3 Å². The van der Waals surface area contributed by atoms with Crippen molar-refractivity contribution in [2.45, 2.75) is 97.3 Å². The Morgan fingerprint density at radius 3 is 2.63 bits per heavy atom. The van der Waals surface area contributed by atoms with Gasteiger partial charge < -0.3 is 4.74 Å². The maximum Gasteiger partial charge on any atom is 0.155 e. The molecule has 0 amide bonds. The van der Waals surface area contributed by atoms with E-state index in [1.54, 1.807) is 0 Å². The number of carbonyl (C=O) groups is 1. The van der Waals surface area contributed by atoms with E-state index in [1.165, 1.54) is 44.1 Å². The first kappa shape index (κ1) is 20.0. The Bertz CT molecular complexity index is 780. The van der Waals surface area contributed by atoms with Gasteiger partial charge in [-0.1, -0.05) is 33.3 Å². The molecule has 1 spiro atoms. The lowest BCUT2D eigenvalue weighted by Gasteiger charge is -2.58. The summed E-state index contributed by atoms with van der Waals surface area (Å²) in [5.41, 5.74) is 2.16. The maximum absolute atomic E-state index is 12.1. The van der Waals surface area contributed by atoms with E-state index in [0.29, 0.717) is 29.1 Å². The van der Waals surface area contributed by atoms with Gasteiger partial charge in [-0.3, -0.25) is 10.1 Å². The highest BCUT2D eigenvalue weighted by Crippen LogP contribution is 2.70. The fourth-order valence-corrected chi connectivity index (χ4v) is 9.76. The third kappa shape index (κ3) is 2.48. The van der Waals surface area contributed by atoms with Crippen LogP contribution in [0.2, 0.25) is 0 Å². The van der Waals surface area contributed by atoms with Gasteiger partial charge >= 0.3 is 0 Å². The standard InChI is InChI=1S/C27H41NO2/c1-16-7-12-27(28-15-16)17(2)24-23(30-27)14-22-20-6-5-18-13-19(29)8-10-25(18,3)21(20)9-11-26(22,24)4/h13,16-17,20-24,28H,5-12,14-15H2,1-4H3/t16-,17-,20+,21-,22-,23-,24-,25-,26-,27-/m0/s1. The van der Waals surface area contributed by atoms with Crippen molar-refractivity contribution in [3.63, 3.8) is 0 Å². The number of hydrogen-bond acceptors (Lipinski definition) is 3. The number of ketones is 1. The molecule has 0 radical (unpaired) electrons. The van der Waals surface area contributed by atoms with Crippen LogP contribution in [0.3, 0.4) is 0 Å². The van der Waals surface area contributed by atoms with Crippen LogP contribution in [0, 0.1) is 46.3 Å². The highest BCUT2D eigenvalue weighted by Gasteiger charge is 2.68. The number of ether oxygens (including phenoxy) is 1. The molecule has 3 saturated carbocycles. The summed E-state index contributed by atoms with van der Waals surface area (Å²) in [5, 5.41) is 3.88. The van der Waals surface area contributed by atoms with Crippen LogP contribution in [0.1, 0.15) is 85.5 Å². The van der Waals surface area contributed by atoms with Gasteiger partial charge in [-0.2, -0.15) is 0 Å². The molecular formula is C27H41NO2. The first-order chi connectivity index (χ1) is 14.3. The van der Waals surface area contributed by atoms with Gasteiger partial charge in [-0.05, 0) is 97.9 Å². The summed E-state index contributed by atoms with van der Waals surface area (Å²) < 4.78 is 6.99. The van der Waals surface area contributed by atoms with Crippen molar-refractivity contribution in [3.8, 4) is 0 Å². The lowest BCUT2D eigenvalue weighted by Crippen LogP contribution is -2.57. The average Bonchev–Trinajstić information content (AvgIpc) is 3.16. The van der Waals surface area contributed by atoms with Gasteiger partial charge in [-0.15, -0.1) is 0 Å². The molecule has 0 aromatic carbocycles. The van der Waals surface area contributed by atoms with E-state index < -0.39 is 0 Å². The first-order valence-corrected chi connectivity index (χ1v) is 12.9. The van der Waals surface area contributed by atoms with Gasteiger partial charge in [-0.25, -0.2) is 0 Å². The maximum atomic E-state index is 12.1. The van der Waals surface area contributed by atoms with E-state index in [4.69, 9.17) is 4.74 Å². The quantitative estimate of drug-likeness (QED) is 0.572. The van der Waals surface area contributed by atoms with E-state index in [-0.39, 0.29) is 11.1 Å². The first-order valence-electron chi connectivity index (χ1n) is 12.9. The molecule has 6 rings (SSSR count). The molecule has 0 unspecified atom stereocenters. The topological polar surface area (TPSA) is 38.3 Å². The summed E-state index contributed by atoms with van der Waals surface area (Å²) in [6.45, 7) is 11.1. The van der Waals surface area contributed by atoms with E-state index in [9.17, 15) is 4.79 Å². The van der Waals surface area contributed by atoms with E-state index >= 15 is 0 Å². The van der Waals surface area contributed by atoms with E-state index in [0.717, 1.165) is 49.5 Å². The molecule has 0 aromatic rings. The third-order valence-electron chi connectivity index (χ3n) is 11.4. The van der Waals surface area contributed by atoms with E-state index in [2.05, 4.69) is 33.0 Å². The van der Waals surface area contributed by atoms with Crippen LogP contribution in [0.25, 0.3) is 0 Å². The largest absolute Gasteiger partial charge is 0.357 e. The Morgan fingerprint density at radius 2 is 1.87 bits per heavy atom. The molecule has 0 bridgehead atoms. The number of allylic oxidation sites excluding steroid dienone is 1. The number of rotatable bonds is 0. The van der Waals surface area contributed by atoms with E-state index in [1.807, 2.05) is 6.08 Å². The normalized spacial score (nSPS) is 57.4. The Hall–Kier alpha value is -0.670. The molecule has 2 heterocycles. The molecule has 1 N–H and O–H groups in total. The highest BCUT2D eigenvalue weighted by atomic mass is 16.5. The highest BCUT2D eigenvalue weighted by molar-refractivity contribution is 5.91. The molecule has 30 heavy (non-hydrogen) atoms. The zero-order valence-corrected chi connectivity index (χ0v) is 19.5. The molecule has 5 fully saturated rings. The zero-order valence-electron chi connectivity index (χ0n) is 19.5. The van der Waals surface area contributed by atoms with Gasteiger partial charge in [0.1, 0.15) is 5.72 Å². The van der Waals surface area contributed by atoms with Gasteiger partial charge in [0.15, 0.2) is 5.78 Å². The van der Waals surface area contributed by atoms with Gasteiger partial charge in [0, 0.05) is 18.9 Å². The van der Waals surface area contributed by atoms with Crippen LogP contribution in [0.5, 0.6) is 0 Å². The molecule has 6 aliphatic rings. The summed E-state index contributed by atoms with van der Waals surface area (Å²) in [6.07, 6.45) is 13.3. The molecule has 4 aliphatic carbocycles. The van der Waals surface area contributed by atoms with Crippen LogP contribution >= 0.6 is 0 Å². The number of fused-ring (bicyclic) bond motifs is 7. The van der Waals surface area contributed by atoms with Crippen molar-refractivity contribution in [1.82, 2.24) is 5.32 Å². The summed E-state index contributed by atoms with van der Waals surface area (Å²) in [7, 11) is 0. The number of hydrogen-bond donors (Lipinski definition) is 1. The smallest absolute Gasteiger partial charge is 0.155 e. The summed E-state index contributed by atoms with van der Waals surface area (Å²) in [4.78, 5) is 12.1. The molecule has 2 aliphatic heterocycles. The fourth-order valence-electron chi connectivity index (χ4n) is 9.76. The summed E-state index contributed by atoms with van der Waals surface area (Å²) >= 11 is 0. The van der Waals surface area contributed by atoms with Crippen molar-refractivity contribution in [1.29, 1.82) is 0 Å². The van der Waals surface area contributed by atoms with Crippen molar-refractivity contribution in [2.75, 3.05) is 6.54 Å². The Labute approximate surface area is 182 Å².